The summed E-state index contributed by atoms with van der Waals surface area (Å²) in [7, 11) is 0. The van der Waals surface area contributed by atoms with Crippen molar-refractivity contribution in [1.29, 1.82) is 0 Å². The summed E-state index contributed by atoms with van der Waals surface area (Å²) in [6.45, 7) is 3.39. The third-order valence-electron chi connectivity index (χ3n) is 4.13. The molecular weight excluding hydrogens is 192 g/mol. The van der Waals surface area contributed by atoms with Crippen molar-refractivity contribution in [3.05, 3.63) is 0 Å². The first-order chi connectivity index (χ1) is 7.14. The van der Waals surface area contributed by atoms with Crippen molar-refractivity contribution >= 4 is 5.97 Å². The second kappa shape index (κ2) is 4.12. The van der Waals surface area contributed by atoms with Gasteiger partial charge in [-0.3, -0.25) is 4.79 Å². The van der Waals surface area contributed by atoms with Crippen molar-refractivity contribution in [3.8, 4) is 0 Å². The highest BCUT2D eigenvalue weighted by Gasteiger charge is 2.47. The van der Waals surface area contributed by atoms with E-state index in [2.05, 4.69) is 0 Å². The molecule has 3 heteroatoms. The van der Waals surface area contributed by atoms with Gasteiger partial charge in [-0.2, -0.15) is 0 Å². The molecule has 2 rings (SSSR count). The number of hydrogen-bond donors (Lipinski definition) is 1. The number of ether oxygens (including phenoxy) is 1. The Morgan fingerprint density at radius 2 is 2.07 bits per heavy atom. The highest BCUT2D eigenvalue weighted by atomic mass is 16.5. The Morgan fingerprint density at radius 1 is 1.47 bits per heavy atom. The van der Waals surface area contributed by atoms with Gasteiger partial charge in [0, 0.05) is 5.41 Å². The standard InChI is InChI=1S/C12H20O3/c1-9(11(13)14)6-12(7-15-8-12)10-4-2-3-5-10/h9-10H,2-8H2,1H3,(H,13,14). The first-order valence-corrected chi connectivity index (χ1v) is 5.95. The summed E-state index contributed by atoms with van der Waals surface area (Å²) in [5.41, 5.74) is 0.203. The maximum atomic E-state index is 10.9. The normalized spacial score (nSPS) is 27.3. The summed E-state index contributed by atoms with van der Waals surface area (Å²) in [6.07, 6.45) is 5.97. The number of carboxylic acid groups (broad SMARTS) is 1. The molecule has 0 amide bonds. The molecule has 1 saturated carbocycles. The third-order valence-corrected chi connectivity index (χ3v) is 4.13. The predicted octanol–water partition coefficient (Wildman–Crippen LogP) is 2.30. The molecule has 1 atom stereocenters. The fourth-order valence-corrected chi connectivity index (χ4v) is 3.12. The molecule has 0 aromatic rings. The summed E-state index contributed by atoms with van der Waals surface area (Å²) >= 11 is 0. The van der Waals surface area contributed by atoms with E-state index in [1.807, 2.05) is 6.92 Å². The lowest BCUT2D eigenvalue weighted by atomic mass is 9.68. The van der Waals surface area contributed by atoms with E-state index < -0.39 is 5.97 Å². The molecule has 0 aromatic carbocycles. The Balaban J connectivity index is 1.98. The molecule has 0 bridgehead atoms. The van der Waals surface area contributed by atoms with E-state index >= 15 is 0 Å². The van der Waals surface area contributed by atoms with Gasteiger partial charge < -0.3 is 9.84 Å². The predicted molar refractivity (Wildman–Crippen MR) is 56.6 cm³/mol. The Hall–Kier alpha value is -0.570. The van der Waals surface area contributed by atoms with Crippen molar-refractivity contribution in [3.63, 3.8) is 0 Å². The van der Waals surface area contributed by atoms with Gasteiger partial charge in [0.15, 0.2) is 0 Å². The van der Waals surface area contributed by atoms with E-state index in [0.29, 0.717) is 5.92 Å². The average molecular weight is 212 g/mol. The van der Waals surface area contributed by atoms with Crippen LogP contribution >= 0.6 is 0 Å². The highest BCUT2D eigenvalue weighted by molar-refractivity contribution is 5.69. The summed E-state index contributed by atoms with van der Waals surface area (Å²) in [6, 6.07) is 0. The molecule has 2 fully saturated rings. The highest BCUT2D eigenvalue weighted by Crippen LogP contribution is 2.48. The van der Waals surface area contributed by atoms with Crippen molar-refractivity contribution < 1.29 is 14.6 Å². The molecule has 0 aromatic heterocycles. The van der Waals surface area contributed by atoms with Crippen LogP contribution in [0.3, 0.4) is 0 Å². The number of hydrogen-bond acceptors (Lipinski definition) is 2. The van der Waals surface area contributed by atoms with E-state index in [0.717, 1.165) is 19.6 Å². The Labute approximate surface area is 90.8 Å². The van der Waals surface area contributed by atoms with Crippen LogP contribution in [0.5, 0.6) is 0 Å². The molecule has 1 aliphatic heterocycles. The molecule has 1 saturated heterocycles. The Morgan fingerprint density at radius 3 is 2.47 bits per heavy atom. The molecular formula is C12H20O3. The lowest BCUT2D eigenvalue weighted by Gasteiger charge is -2.47. The summed E-state index contributed by atoms with van der Waals surface area (Å²) < 4.78 is 5.34. The molecule has 1 heterocycles. The average Bonchev–Trinajstić information content (AvgIpc) is 2.63. The summed E-state index contributed by atoms with van der Waals surface area (Å²) in [4.78, 5) is 10.9. The second-order valence-corrected chi connectivity index (χ2v) is 5.28. The second-order valence-electron chi connectivity index (χ2n) is 5.28. The zero-order valence-corrected chi connectivity index (χ0v) is 9.37. The minimum atomic E-state index is -0.667. The van der Waals surface area contributed by atoms with E-state index in [1.54, 1.807) is 0 Å². The Kier molecular flexibility index (Phi) is 3.01. The van der Waals surface area contributed by atoms with Crippen molar-refractivity contribution in [1.82, 2.24) is 0 Å². The fourth-order valence-electron chi connectivity index (χ4n) is 3.12. The van der Waals surface area contributed by atoms with Gasteiger partial charge in [-0.15, -0.1) is 0 Å². The van der Waals surface area contributed by atoms with Gasteiger partial charge in [-0.25, -0.2) is 0 Å². The van der Waals surface area contributed by atoms with Crippen molar-refractivity contribution in [2.75, 3.05) is 13.2 Å². The molecule has 3 nitrogen and oxygen atoms in total. The van der Waals surface area contributed by atoms with Crippen LogP contribution in [-0.2, 0) is 9.53 Å². The van der Waals surface area contributed by atoms with Gasteiger partial charge in [0.25, 0.3) is 0 Å². The van der Waals surface area contributed by atoms with E-state index in [1.165, 1.54) is 25.7 Å². The van der Waals surface area contributed by atoms with Crippen LogP contribution in [0, 0.1) is 17.3 Å². The smallest absolute Gasteiger partial charge is 0.306 e. The lowest BCUT2D eigenvalue weighted by Crippen LogP contribution is -2.49. The summed E-state index contributed by atoms with van der Waals surface area (Å²) in [5, 5.41) is 8.97. The number of carbonyl (C=O) groups is 1. The quantitative estimate of drug-likeness (QED) is 0.777. The molecule has 2 aliphatic rings. The van der Waals surface area contributed by atoms with Gasteiger partial charge in [-0.05, 0) is 25.2 Å². The van der Waals surface area contributed by atoms with Gasteiger partial charge >= 0.3 is 5.97 Å². The minimum absolute atomic E-state index is 0.203. The molecule has 0 radical (unpaired) electrons. The van der Waals surface area contributed by atoms with Crippen LogP contribution < -0.4 is 0 Å². The third kappa shape index (κ3) is 2.03. The maximum absolute atomic E-state index is 10.9. The number of rotatable bonds is 4. The minimum Gasteiger partial charge on any atom is -0.481 e. The van der Waals surface area contributed by atoms with Gasteiger partial charge in [0.05, 0.1) is 19.1 Å². The molecule has 1 unspecified atom stereocenters. The van der Waals surface area contributed by atoms with E-state index in [9.17, 15) is 4.79 Å². The maximum Gasteiger partial charge on any atom is 0.306 e. The van der Waals surface area contributed by atoms with Crippen molar-refractivity contribution in [2.45, 2.75) is 39.0 Å². The largest absolute Gasteiger partial charge is 0.481 e. The SMILES string of the molecule is CC(CC1(C2CCCC2)COC1)C(=O)O. The Bertz CT molecular complexity index is 239. The van der Waals surface area contributed by atoms with E-state index in [-0.39, 0.29) is 11.3 Å². The van der Waals surface area contributed by atoms with Crippen LogP contribution in [0.2, 0.25) is 0 Å². The molecule has 1 aliphatic carbocycles. The zero-order chi connectivity index (χ0) is 10.9. The van der Waals surface area contributed by atoms with Crippen LogP contribution in [0.4, 0.5) is 0 Å². The topological polar surface area (TPSA) is 46.5 Å². The van der Waals surface area contributed by atoms with Gasteiger partial charge in [0.2, 0.25) is 0 Å². The molecule has 15 heavy (non-hydrogen) atoms. The van der Waals surface area contributed by atoms with Crippen LogP contribution in [0.1, 0.15) is 39.0 Å². The monoisotopic (exact) mass is 212 g/mol. The first kappa shape index (κ1) is 10.9. The lowest BCUT2D eigenvalue weighted by molar-refractivity contribution is -0.165. The van der Waals surface area contributed by atoms with Crippen LogP contribution in [-0.4, -0.2) is 24.3 Å². The van der Waals surface area contributed by atoms with E-state index in [4.69, 9.17) is 9.84 Å². The van der Waals surface area contributed by atoms with Gasteiger partial charge in [0.1, 0.15) is 0 Å². The number of aliphatic carboxylic acids is 1. The van der Waals surface area contributed by atoms with Crippen LogP contribution in [0.15, 0.2) is 0 Å². The number of carboxylic acids is 1. The van der Waals surface area contributed by atoms with Crippen LogP contribution in [0.25, 0.3) is 0 Å². The van der Waals surface area contributed by atoms with Crippen molar-refractivity contribution in [2.24, 2.45) is 17.3 Å². The zero-order valence-electron chi connectivity index (χ0n) is 9.37. The molecule has 1 N–H and O–H groups in total. The van der Waals surface area contributed by atoms with Gasteiger partial charge in [-0.1, -0.05) is 19.8 Å². The fraction of sp³-hybridized carbons (Fsp3) is 0.917. The first-order valence-electron chi connectivity index (χ1n) is 5.95. The summed E-state index contributed by atoms with van der Waals surface area (Å²) in [5.74, 6) is -0.179. The molecule has 86 valence electrons. The molecule has 0 spiro atoms.